The Balaban J connectivity index is 3.17. The van der Waals surface area contributed by atoms with Crippen molar-refractivity contribution in [2.45, 2.75) is 41.0 Å². The Morgan fingerprint density at radius 1 is 1.56 bits per heavy atom. The number of hydrogen-bond donors (Lipinski definition) is 1. The van der Waals surface area contributed by atoms with Crippen LogP contribution in [0.1, 0.15) is 41.0 Å². The number of rotatable bonds is 2. The van der Waals surface area contributed by atoms with Gasteiger partial charge in [-0.05, 0) is 40.0 Å². The highest BCUT2D eigenvalue weighted by atomic mass is 16.4. The molecule has 0 spiro atoms. The average Bonchev–Trinajstić information content (AvgIpc) is 2.13. The van der Waals surface area contributed by atoms with E-state index in [2.05, 4.69) is 26.0 Å². The van der Waals surface area contributed by atoms with Gasteiger partial charge >= 0.3 is 5.97 Å². The van der Waals surface area contributed by atoms with Crippen LogP contribution in [0.2, 0.25) is 0 Å². The minimum absolute atomic E-state index is 0.0196. The fraction of sp³-hybridized carbons (Fsp3) is 0.643. The van der Waals surface area contributed by atoms with Crippen LogP contribution < -0.4 is 0 Å². The Kier molecular flexibility index (Phi) is 3.61. The third kappa shape index (κ3) is 2.37. The lowest BCUT2D eigenvalue weighted by Gasteiger charge is -2.38. The first kappa shape index (κ1) is 13.0. The van der Waals surface area contributed by atoms with Gasteiger partial charge in [0.2, 0.25) is 0 Å². The summed E-state index contributed by atoms with van der Waals surface area (Å²) in [6, 6.07) is 0. The monoisotopic (exact) mass is 222 g/mol. The summed E-state index contributed by atoms with van der Waals surface area (Å²) in [7, 11) is 0. The number of carboxylic acid groups (broad SMARTS) is 1. The molecule has 0 radical (unpaired) electrons. The van der Waals surface area contributed by atoms with Gasteiger partial charge in [0.15, 0.2) is 0 Å². The van der Waals surface area contributed by atoms with Crippen LogP contribution in [0.5, 0.6) is 0 Å². The summed E-state index contributed by atoms with van der Waals surface area (Å²) in [4.78, 5) is 11.5. The van der Waals surface area contributed by atoms with Crippen LogP contribution in [0.3, 0.4) is 0 Å². The molecule has 0 aromatic carbocycles. The van der Waals surface area contributed by atoms with E-state index in [0.717, 1.165) is 6.42 Å². The first-order chi connectivity index (χ1) is 7.27. The van der Waals surface area contributed by atoms with Crippen molar-refractivity contribution in [1.82, 2.24) is 0 Å². The third-order valence-electron chi connectivity index (χ3n) is 3.69. The van der Waals surface area contributed by atoms with E-state index in [-0.39, 0.29) is 5.92 Å². The van der Waals surface area contributed by atoms with Crippen molar-refractivity contribution in [3.8, 4) is 0 Å². The van der Waals surface area contributed by atoms with Crippen LogP contribution >= 0.6 is 0 Å². The second-order valence-electron chi connectivity index (χ2n) is 5.51. The fourth-order valence-electron chi connectivity index (χ4n) is 2.39. The van der Waals surface area contributed by atoms with E-state index in [9.17, 15) is 9.90 Å². The van der Waals surface area contributed by atoms with Crippen molar-refractivity contribution in [3.63, 3.8) is 0 Å². The van der Waals surface area contributed by atoms with E-state index in [1.807, 2.05) is 20.8 Å². The molecule has 2 unspecified atom stereocenters. The molecule has 90 valence electrons. The lowest BCUT2D eigenvalue weighted by Crippen LogP contribution is -2.39. The van der Waals surface area contributed by atoms with Gasteiger partial charge in [0.1, 0.15) is 0 Å². The van der Waals surface area contributed by atoms with Gasteiger partial charge in [-0.3, -0.25) is 4.79 Å². The molecule has 0 heterocycles. The first-order valence-corrected chi connectivity index (χ1v) is 5.84. The van der Waals surface area contributed by atoms with Crippen LogP contribution in [-0.2, 0) is 4.79 Å². The van der Waals surface area contributed by atoms with E-state index in [1.54, 1.807) is 0 Å². The van der Waals surface area contributed by atoms with Gasteiger partial charge in [0, 0.05) is 5.92 Å². The average molecular weight is 222 g/mol. The highest BCUT2D eigenvalue weighted by Gasteiger charge is 2.43. The minimum atomic E-state index is -0.689. The van der Waals surface area contributed by atoms with Crippen LogP contribution in [0.25, 0.3) is 0 Å². The molecule has 16 heavy (non-hydrogen) atoms. The quantitative estimate of drug-likeness (QED) is 0.724. The van der Waals surface area contributed by atoms with E-state index < -0.39 is 11.4 Å². The Labute approximate surface area is 98.1 Å². The lowest BCUT2D eigenvalue weighted by atomic mass is 9.65. The summed E-state index contributed by atoms with van der Waals surface area (Å²) in [6.45, 7) is 10.1. The molecule has 0 aliphatic heterocycles. The number of carbonyl (C=O) groups is 1. The van der Waals surface area contributed by atoms with Crippen molar-refractivity contribution < 1.29 is 9.90 Å². The molecule has 0 saturated heterocycles. The topological polar surface area (TPSA) is 37.3 Å². The molecule has 0 aromatic heterocycles. The third-order valence-corrected chi connectivity index (χ3v) is 3.69. The predicted octanol–water partition coefficient (Wildman–Crippen LogP) is 3.65. The highest BCUT2D eigenvalue weighted by Crippen LogP contribution is 2.43. The van der Waals surface area contributed by atoms with Gasteiger partial charge in [-0.25, -0.2) is 0 Å². The second-order valence-corrected chi connectivity index (χ2v) is 5.51. The summed E-state index contributed by atoms with van der Waals surface area (Å²) in [6.07, 6.45) is 4.91. The zero-order valence-corrected chi connectivity index (χ0v) is 10.9. The molecule has 2 nitrogen and oxygen atoms in total. The molecular formula is C14H22O2. The molecule has 3 atom stereocenters. The van der Waals surface area contributed by atoms with Crippen molar-refractivity contribution in [2.75, 3.05) is 0 Å². The largest absolute Gasteiger partial charge is 0.481 e. The normalized spacial score (nSPS) is 34.2. The molecule has 1 aliphatic rings. The van der Waals surface area contributed by atoms with Gasteiger partial charge in [0.05, 0.1) is 5.41 Å². The fourth-order valence-corrected chi connectivity index (χ4v) is 2.39. The second kappa shape index (κ2) is 4.44. The molecule has 1 N–H and O–H groups in total. The Hall–Kier alpha value is -1.05. The highest BCUT2D eigenvalue weighted by molar-refractivity contribution is 5.76. The van der Waals surface area contributed by atoms with Crippen LogP contribution in [-0.4, -0.2) is 11.1 Å². The zero-order chi connectivity index (χ0) is 12.5. The van der Waals surface area contributed by atoms with Crippen LogP contribution in [0, 0.1) is 17.3 Å². The molecule has 0 amide bonds. The Bertz CT molecular complexity index is 348. The zero-order valence-electron chi connectivity index (χ0n) is 10.9. The van der Waals surface area contributed by atoms with Crippen LogP contribution in [0.15, 0.2) is 23.3 Å². The minimum Gasteiger partial charge on any atom is -0.481 e. The van der Waals surface area contributed by atoms with Crippen molar-refractivity contribution in [3.05, 3.63) is 23.3 Å². The SMILES string of the molecule is CC(C)=CC1C=C(C)C(C)C[C@]1(C)C(=O)O. The maximum absolute atomic E-state index is 11.5. The maximum atomic E-state index is 11.5. The summed E-state index contributed by atoms with van der Waals surface area (Å²) >= 11 is 0. The molecule has 0 fully saturated rings. The molecule has 0 aromatic rings. The van der Waals surface area contributed by atoms with E-state index >= 15 is 0 Å². The Morgan fingerprint density at radius 3 is 2.56 bits per heavy atom. The smallest absolute Gasteiger partial charge is 0.310 e. The summed E-state index contributed by atoms with van der Waals surface area (Å²) < 4.78 is 0. The number of hydrogen-bond acceptors (Lipinski definition) is 1. The first-order valence-electron chi connectivity index (χ1n) is 5.84. The van der Waals surface area contributed by atoms with Crippen molar-refractivity contribution in [1.29, 1.82) is 0 Å². The van der Waals surface area contributed by atoms with Gasteiger partial charge in [-0.2, -0.15) is 0 Å². The van der Waals surface area contributed by atoms with E-state index in [4.69, 9.17) is 0 Å². The molecule has 1 aliphatic carbocycles. The van der Waals surface area contributed by atoms with Gasteiger partial charge < -0.3 is 5.11 Å². The number of aliphatic carboxylic acids is 1. The summed E-state index contributed by atoms with van der Waals surface area (Å²) in [5.41, 5.74) is 1.83. The molecular weight excluding hydrogens is 200 g/mol. The summed E-state index contributed by atoms with van der Waals surface area (Å²) in [5.74, 6) is -0.306. The summed E-state index contributed by atoms with van der Waals surface area (Å²) in [5, 5.41) is 9.43. The predicted molar refractivity (Wildman–Crippen MR) is 66.2 cm³/mol. The standard InChI is InChI=1S/C14H22O2/c1-9(2)6-12-7-10(3)11(4)8-14(12,5)13(15)16/h6-7,11-12H,8H2,1-5H3,(H,15,16)/t11?,12?,14-/m0/s1. The van der Waals surface area contributed by atoms with Gasteiger partial charge in [-0.1, -0.05) is 30.2 Å². The Morgan fingerprint density at radius 2 is 2.12 bits per heavy atom. The van der Waals surface area contributed by atoms with Gasteiger partial charge in [-0.15, -0.1) is 0 Å². The van der Waals surface area contributed by atoms with Crippen LogP contribution in [0.4, 0.5) is 0 Å². The molecule has 0 bridgehead atoms. The number of carboxylic acids is 1. The lowest BCUT2D eigenvalue weighted by molar-refractivity contribution is -0.150. The van der Waals surface area contributed by atoms with Crippen molar-refractivity contribution in [2.24, 2.45) is 17.3 Å². The maximum Gasteiger partial charge on any atom is 0.310 e. The molecule has 0 saturated carbocycles. The van der Waals surface area contributed by atoms with E-state index in [0.29, 0.717) is 5.92 Å². The number of allylic oxidation sites excluding steroid dienone is 4. The van der Waals surface area contributed by atoms with E-state index in [1.165, 1.54) is 11.1 Å². The van der Waals surface area contributed by atoms with Crippen molar-refractivity contribution >= 4 is 5.97 Å². The molecule has 2 heteroatoms. The van der Waals surface area contributed by atoms with Gasteiger partial charge in [0.25, 0.3) is 0 Å². The molecule has 1 rings (SSSR count).